The standard InChI is InChI=1S/C12H20N2O/c1-11(10-13)14-8-5-9-15-12-6-3-2-4-7-12/h2-4,6-7,11,14H,5,8-10,13H2,1H3/t11-/m1/s1. The van der Waals surface area contributed by atoms with Crippen LogP contribution in [0.15, 0.2) is 30.3 Å². The average Bonchev–Trinajstić information content (AvgIpc) is 2.29. The highest BCUT2D eigenvalue weighted by molar-refractivity contribution is 5.20. The number of nitrogens with one attached hydrogen (secondary N) is 1. The summed E-state index contributed by atoms with van der Waals surface area (Å²) in [6, 6.07) is 10.3. The number of benzene rings is 1. The molecule has 0 amide bonds. The van der Waals surface area contributed by atoms with Crippen LogP contribution in [-0.2, 0) is 0 Å². The minimum Gasteiger partial charge on any atom is -0.494 e. The first-order valence-corrected chi connectivity index (χ1v) is 5.44. The van der Waals surface area contributed by atoms with Crippen LogP contribution >= 0.6 is 0 Å². The van der Waals surface area contributed by atoms with Gasteiger partial charge in [-0.15, -0.1) is 0 Å². The van der Waals surface area contributed by atoms with Crippen molar-refractivity contribution in [2.75, 3.05) is 19.7 Å². The second-order valence-corrected chi connectivity index (χ2v) is 3.61. The lowest BCUT2D eigenvalue weighted by atomic mass is 10.3. The third-order valence-electron chi connectivity index (χ3n) is 2.18. The van der Waals surface area contributed by atoms with Gasteiger partial charge < -0.3 is 15.8 Å². The molecule has 84 valence electrons. The van der Waals surface area contributed by atoms with Crippen molar-refractivity contribution in [2.24, 2.45) is 5.73 Å². The average molecular weight is 208 g/mol. The highest BCUT2D eigenvalue weighted by atomic mass is 16.5. The summed E-state index contributed by atoms with van der Waals surface area (Å²) in [4.78, 5) is 0. The summed E-state index contributed by atoms with van der Waals surface area (Å²) in [5, 5.41) is 3.31. The molecular weight excluding hydrogens is 188 g/mol. The normalized spacial score (nSPS) is 12.4. The van der Waals surface area contributed by atoms with Gasteiger partial charge in [0.1, 0.15) is 5.75 Å². The van der Waals surface area contributed by atoms with Crippen LogP contribution in [0.3, 0.4) is 0 Å². The molecule has 3 heteroatoms. The SMILES string of the molecule is C[C@H](CN)NCCCOc1ccccc1. The lowest BCUT2D eigenvalue weighted by Gasteiger charge is -2.11. The summed E-state index contributed by atoms with van der Waals surface area (Å²) in [7, 11) is 0. The molecule has 15 heavy (non-hydrogen) atoms. The fourth-order valence-corrected chi connectivity index (χ4v) is 1.21. The van der Waals surface area contributed by atoms with Crippen LogP contribution in [-0.4, -0.2) is 25.7 Å². The van der Waals surface area contributed by atoms with Gasteiger partial charge in [-0.3, -0.25) is 0 Å². The Balaban J connectivity index is 2.03. The minimum absolute atomic E-state index is 0.390. The minimum atomic E-state index is 0.390. The molecule has 0 aliphatic rings. The van der Waals surface area contributed by atoms with Crippen LogP contribution in [0.2, 0.25) is 0 Å². The maximum Gasteiger partial charge on any atom is 0.119 e. The van der Waals surface area contributed by atoms with Crippen LogP contribution in [0.4, 0.5) is 0 Å². The molecule has 1 rings (SSSR count). The lowest BCUT2D eigenvalue weighted by Crippen LogP contribution is -2.34. The molecule has 1 aromatic carbocycles. The Morgan fingerprint density at radius 2 is 2.07 bits per heavy atom. The van der Waals surface area contributed by atoms with E-state index in [-0.39, 0.29) is 0 Å². The van der Waals surface area contributed by atoms with Gasteiger partial charge in [0.2, 0.25) is 0 Å². The first-order valence-electron chi connectivity index (χ1n) is 5.44. The Kier molecular flexibility index (Phi) is 5.81. The van der Waals surface area contributed by atoms with E-state index >= 15 is 0 Å². The lowest BCUT2D eigenvalue weighted by molar-refractivity contribution is 0.305. The Labute approximate surface area is 91.6 Å². The molecule has 0 unspecified atom stereocenters. The zero-order chi connectivity index (χ0) is 10.9. The van der Waals surface area contributed by atoms with E-state index in [0.717, 1.165) is 25.3 Å². The van der Waals surface area contributed by atoms with Crippen molar-refractivity contribution in [2.45, 2.75) is 19.4 Å². The van der Waals surface area contributed by atoms with Gasteiger partial charge in [0.15, 0.2) is 0 Å². The summed E-state index contributed by atoms with van der Waals surface area (Å²) in [5.74, 6) is 0.935. The predicted molar refractivity (Wildman–Crippen MR) is 63.1 cm³/mol. The van der Waals surface area contributed by atoms with E-state index in [1.165, 1.54) is 0 Å². The molecular formula is C12H20N2O. The molecule has 3 N–H and O–H groups in total. The van der Waals surface area contributed by atoms with Crippen LogP contribution in [0.1, 0.15) is 13.3 Å². The zero-order valence-electron chi connectivity index (χ0n) is 9.28. The first kappa shape index (κ1) is 12.0. The molecule has 0 saturated carbocycles. The second kappa shape index (κ2) is 7.26. The van der Waals surface area contributed by atoms with E-state index in [4.69, 9.17) is 10.5 Å². The first-order chi connectivity index (χ1) is 7.33. The van der Waals surface area contributed by atoms with E-state index < -0.39 is 0 Å². The van der Waals surface area contributed by atoms with Crippen molar-refractivity contribution < 1.29 is 4.74 Å². The van der Waals surface area contributed by atoms with Crippen LogP contribution in [0.5, 0.6) is 5.75 Å². The summed E-state index contributed by atoms with van der Waals surface area (Å²) in [6.45, 7) is 4.46. The molecule has 0 bridgehead atoms. The molecule has 0 heterocycles. The highest BCUT2D eigenvalue weighted by Gasteiger charge is 1.96. The number of hydrogen-bond donors (Lipinski definition) is 2. The van der Waals surface area contributed by atoms with Crippen LogP contribution in [0, 0.1) is 0 Å². The van der Waals surface area contributed by atoms with Gasteiger partial charge in [0.05, 0.1) is 6.61 Å². The number of rotatable bonds is 7. The van der Waals surface area contributed by atoms with Gasteiger partial charge in [0.25, 0.3) is 0 Å². The van der Waals surface area contributed by atoms with E-state index in [2.05, 4.69) is 12.2 Å². The Morgan fingerprint density at radius 1 is 1.33 bits per heavy atom. The van der Waals surface area contributed by atoms with Gasteiger partial charge in [0, 0.05) is 12.6 Å². The quantitative estimate of drug-likeness (QED) is 0.666. The maximum atomic E-state index is 5.55. The molecule has 0 spiro atoms. The van der Waals surface area contributed by atoms with Crippen LogP contribution < -0.4 is 15.8 Å². The molecule has 0 aliphatic heterocycles. The molecule has 1 atom stereocenters. The van der Waals surface area contributed by atoms with Gasteiger partial charge in [-0.2, -0.15) is 0 Å². The van der Waals surface area contributed by atoms with Crippen LogP contribution in [0.25, 0.3) is 0 Å². The molecule has 3 nitrogen and oxygen atoms in total. The fourth-order valence-electron chi connectivity index (χ4n) is 1.21. The molecule has 0 radical (unpaired) electrons. The summed E-state index contributed by atoms with van der Waals surface area (Å²) < 4.78 is 5.55. The zero-order valence-corrected chi connectivity index (χ0v) is 9.28. The number of hydrogen-bond acceptors (Lipinski definition) is 3. The molecule has 0 fully saturated rings. The fraction of sp³-hybridized carbons (Fsp3) is 0.500. The third kappa shape index (κ3) is 5.40. The summed E-state index contributed by atoms with van der Waals surface area (Å²) in [5.41, 5.74) is 5.48. The van der Waals surface area contributed by atoms with Crippen molar-refractivity contribution in [3.05, 3.63) is 30.3 Å². The third-order valence-corrected chi connectivity index (χ3v) is 2.18. The monoisotopic (exact) mass is 208 g/mol. The van der Waals surface area contributed by atoms with Gasteiger partial charge in [-0.05, 0) is 32.0 Å². The Hall–Kier alpha value is -1.06. The Morgan fingerprint density at radius 3 is 2.73 bits per heavy atom. The molecule has 0 aromatic heterocycles. The van der Waals surface area contributed by atoms with Gasteiger partial charge >= 0.3 is 0 Å². The number of nitrogens with two attached hydrogens (primary N) is 1. The summed E-state index contributed by atoms with van der Waals surface area (Å²) in [6.07, 6.45) is 0.999. The van der Waals surface area contributed by atoms with Crippen molar-refractivity contribution in [1.29, 1.82) is 0 Å². The molecule has 1 aromatic rings. The van der Waals surface area contributed by atoms with E-state index in [9.17, 15) is 0 Å². The van der Waals surface area contributed by atoms with Crippen molar-refractivity contribution in [3.63, 3.8) is 0 Å². The predicted octanol–water partition coefficient (Wildman–Crippen LogP) is 1.39. The van der Waals surface area contributed by atoms with E-state index in [0.29, 0.717) is 12.6 Å². The van der Waals surface area contributed by atoms with Gasteiger partial charge in [-0.1, -0.05) is 18.2 Å². The van der Waals surface area contributed by atoms with Crippen molar-refractivity contribution in [3.8, 4) is 5.75 Å². The largest absolute Gasteiger partial charge is 0.494 e. The van der Waals surface area contributed by atoms with E-state index in [1.54, 1.807) is 0 Å². The van der Waals surface area contributed by atoms with Gasteiger partial charge in [-0.25, -0.2) is 0 Å². The molecule has 0 saturated heterocycles. The maximum absolute atomic E-state index is 5.55. The highest BCUT2D eigenvalue weighted by Crippen LogP contribution is 2.07. The van der Waals surface area contributed by atoms with Crippen molar-refractivity contribution in [1.82, 2.24) is 5.32 Å². The second-order valence-electron chi connectivity index (χ2n) is 3.61. The topological polar surface area (TPSA) is 47.3 Å². The molecule has 0 aliphatic carbocycles. The van der Waals surface area contributed by atoms with Crippen molar-refractivity contribution >= 4 is 0 Å². The summed E-state index contributed by atoms with van der Waals surface area (Å²) >= 11 is 0. The smallest absolute Gasteiger partial charge is 0.119 e. The number of ether oxygens (including phenoxy) is 1. The number of para-hydroxylation sites is 1. The Bertz CT molecular complexity index is 251. The van der Waals surface area contributed by atoms with E-state index in [1.807, 2.05) is 30.3 Å².